The van der Waals surface area contributed by atoms with Crippen LogP contribution in [0.1, 0.15) is 48.2 Å². The first-order valence-corrected chi connectivity index (χ1v) is 11.8. The lowest BCUT2D eigenvalue weighted by Gasteiger charge is -2.51. The predicted molar refractivity (Wildman–Crippen MR) is 129 cm³/mol. The van der Waals surface area contributed by atoms with E-state index in [0.717, 1.165) is 41.3 Å². The van der Waals surface area contributed by atoms with Crippen LogP contribution in [0.25, 0.3) is 10.8 Å². The number of piperazine rings is 1. The van der Waals surface area contributed by atoms with Crippen LogP contribution < -0.4 is 10.2 Å². The fraction of sp³-hybridized carbons (Fsp3) is 0.462. The molecule has 8 heteroatoms. The van der Waals surface area contributed by atoms with E-state index in [-0.39, 0.29) is 11.6 Å². The van der Waals surface area contributed by atoms with Gasteiger partial charge in [0.2, 0.25) is 0 Å². The van der Waals surface area contributed by atoms with Gasteiger partial charge in [0.15, 0.2) is 5.82 Å². The number of likely N-dealkylation sites (N-methyl/N-ethyl adjacent to an activating group) is 1. The number of fused-ring (bicyclic) bond motifs is 4. The summed E-state index contributed by atoms with van der Waals surface area (Å²) in [5.74, 6) is 0.589. The van der Waals surface area contributed by atoms with E-state index in [4.69, 9.17) is 0 Å². The highest BCUT2D eigenvalue weighted by molar-refractivity contribution is 5.95. The van der Waals surface area contributed by atoms with Crippen molar-refractivity contribution in [2.24, 2.45) is 0 Å². The molecule has 1 N–H and O–H groups in total. The standard InChI is InChI=1S/C26H30F3N5/c1-15-21(6-5-7-24(15)26(27,28)29)16(2)30-25-23-12-18(10-11-22(23)17(3)31-32-25)34-14-19-8-9-20(34)13-33(19)4/h5-7,10-12,16,19-20H,8-9,13-14H2,1-4H3,(H,30,32)/t16-,19+,20+/m1/s1. The summed E-state index contributed by atoms with van der Waals surface area (Å²) in [5, 5.41) is 14.0. The van der Waals surface area contributed by atoms with Gasteiger partial charge in [-0.1, -0.05) is 18.2 Å². The molecule has 0 amide bonds. The molecule has 3 aliphatic rings. The molecule has 3 fully saturated rings. The minimum atomic E-state index is -4.38. The first-order valence-electron chi connectivity index (χ1n) is 11.8. The molecule has 6 rings (SSSR count). The number of aryl methyl sites for hydroxylation is 1. The number of hydrogen-bond acceptors (Lipinski definition) is 5. The lowest BCUT2D eigenvalue weighted by molar-refractivity contribution is -0.138. The van der Waals surface area contributed by atoms with Gasteiger partial charge in [0.1, 0.15) is 0 Å². The topological polar surface area (TPSA) is 44.3 Å². The Morgan fingerprint density at radius 3 is 2.44 bits per heavy atom. The van der Waals surface area contributed by atoms with Crippen LogP contribution in [-0.2, 0) is 6.18 Å². The summed E-state index contributed by atoms with van der Waals surface area (Å²) in [6.45, 7) is 7.38. The van der Waals surface area contributed by atoms with Crippen LogP contribution in [0.2, 0.25) is 0 Å². The number of aromatic nitrogens is 2. The predicted octanol–water partition coefficient (Wildman–Crippen LogP) is 5.72. The van der Waals surface area contributed by atoms with E-state index in [0.29, 0.717) is 23.5 Å². The summed E-state index contributed by atoms with van der Waals surface area (Å²) >= 11 is 0. The molecule has 3 atom stereocenters. The number of benzene rings is 2. The number of anilines is 2. The van der Waals surface area contributed by atoms with Gasteiger partial charge >= 0.3 is 6.18 Å². The monoisotopic (exact) mass is 469 g/mol. The fourth-order valence-electron chi connectivity index (χ4n) is 5.63. The van der Waals surface area contributed by atoms with Crippen molar-refractivity contribution >= 4 is 22.3 Å². The lowest BCUT2D eigenvalue weighted by atomic mass is 9.90. The van der Waals surface area contributed by atoms with Crippen LogP contribution in [0.3, 0.4) is 0 Å². The summed E-state index contributed by atoms with van der Waals surface area (Å²) in [5.41, 5.74) is 2.21. The Bertz CT molecular complexity index is 1230. The maximum atomic E-state index is 13.4. The van der Waals surface area contributed by atoms with E-state index in [1.807, 2.05) is 13.8 Å². The van der Waals surface area contributed by atoms with Crippen LogP contribution >= 0.6 is 0 Å². The van der Waals surface area contributed by atoms with E-state index in [1.165, 1.54) is 25.8 Å². The number of nitrogens with zero attached hydrogens (tertiary/aromatic N) is 4. The minimum Gasteiger partial charge on any atom is -0.366 e. The molecule has 0 aliphatic carbocycles. The van der Waals surface area contributed by atoms with Crippen molar-refractivity contribution in [3.05, 3.63) is 58.8 Å². The van der Waals surface area contributed by atoms with E-state index in [1.54, 1.807) is 6.07 Å². The molecule has 2 aromatic carbocycles. The zero-order chi connectivity index (χ0) is 24.2. The fourth-order valence-corrected chi connectivity index (χ4v) is 5.63. The zero-order valence-corrected chi connectivity index (χ0v) is 19.9. The third-order valence-electron chi connectivity index (χ3n) is 7.58. The van der Waals surface area contributed by atoms with Gasteiger partial charge < -0.3 is 10.2 Å². The molecule has 3 aromatic rings. The summed E-state index contributed by atoms with van der Waals surface area (Å²) in [4.78, 5) is 4.95. The van der Waals surface area contributed by atoms with Crippen LogP contribution in [0.4, 0.5) is 24.7 Å². The molecule has 3 aliphatic heterocycles. The van der Waals surface area contributed by atoms with Crippen molar-refractivity contribution in [2.75, 3.05) is 30.4 Å². The van der Waals surface area contributed by atoms with Gasteiger partial charge in [-0.05, 0) is 70.0 Å². The zero-order valence-electron chi connectivity index (χ0n) is 19.9. The largest absolute Gasteiger partial charge is 0.416 e. The number of halogens is 3. The number of piperidine rings is 2. The Hall–Kier alpha value is -2.87. The first-order chi connectivity index (χ1) is 16.1. The molecule has 180 valence electrons. The molecular weight excluding hydrogens is 439 g/mol. The van der Waals surface area contributed by atoms with Crippen molar-refractivity contribution in [1.29, 1.82) is 0 Å². The molecule has 34 heavy (non-hydrogen) atoms. The van der Waals surface area contributed by atoms with Gasteiger partial charge in [0, 0.05) is 41.6 Å². The summed E-state index contributed by atoms with van der Waals surface area (Å²) in [6, 6.07) is 11.4. The Kier molecular flexibility index (Phi) is 5.67. The number of nitrogens with one attached hydrogen (secondary N) is 1. The molecule has 0 unspecified atom stereocenters. The van der Waals surface area contributed by atoms with Crippen molar-refractivity contribution in [2.45, 2.75) is 57.9 Å². The molecule has 3 saturated heterocycles. The van der Waals surface area contributed by atoms with Crippen molar-refractivity contribution in [3.8, 4) is 0 Å². The summed E-state index contributed by atoms with van der Waals surface area (Å²) in [7, 11) is 2.20. The molecule has 2 bridgehead atoms. The van der Waals surface area contributed by atoms with Gasteiger partial charge in [-0.25, -0.2) is 0 Å². The third kappa shape index (κ3) is 3.98. The summed E-state index contributed by atoms with van der Waals surface area (Å²) in [6.07, 6.45) is -1.96. The van der Waals surface area contributed by atoms with Gasteiger partial charge in [-0.2, -0.15) is 18.3 Å². The van der Waals surface area contributed by atoms with Crippen molar-refractivity contribution in [1.82, 2.24) is 15.1 Å². The molecular formula is C26H30F3N5. The second-order valence-corrected chi connectivity index (χ2v) is 9.72. The second kappa shape index (κ2) is 8.41. The summed E-state index contributed by atoms with van der Waals surface area (Å²) < 4.78 is 40.3. The van der Waals surface area contributed by atoms with Crippen LogP contribution in [0, 0.1) is 13.8 Å². The molecule has 0 radical (unpaired) electrons. The lowest BCUT2D eigenvalue weighted by Crippen LogP contribution is -2.61. The average Bonchev–Trinajstić information content (AvgIpc) is 2.80. The molecule has 5 nitrogen and oxygen atoms in total. The smallest absolute Gasteiger partial charge is 0.366 e. The van der Waals surface area contributed by atoms with E-state index in [2.05, 4.69) is 50.6 Å². The maximum absolute atomic E-state index is 13.4. The van der Waals surface area contributed by atoms with Gasteiger partial charge in [-0.3, -0.25) is 4.90 Å². The third-order valence-corrected chi connectivity index (χ3v) is 7.58. The normalized spacial score (nSPS) is 21.8. The second-order valence-electron chi connectivity index (χ2n) is 9.72. The average molecular weight is 470 g/mol. The van der Waals surface area contributed by atoms with Gasteiger partial charge in [0.05, 0.1) is 17.3 Å². The van der Waals surface area contributed by atoms with E-state index in [9.17, 15) is 13.2 Å². The van der Waals surface area contributed by atoms with Crippen LogP contribution in [-0.4, -0.2) is 47.3 Å². The van der Waals surface area contributed by atoms with Gasteiger partial charge in [-0.15, -0.1) is 5.10 Å². The number of rotatable bonds is 4. The van der Waals surface area contributed by atoms with Crippen LogP contribution in [0.5, 0.6) is 0 Å². The molecule has 0 saturated carbocycles. The highest BCUT2D eigenvalue weighted by Crippen LogP contribution is 2.37. The SMILES string of the molecule is Cc1c([C@@H](C)Nc2nnc(C)c3ccc(N4C[C@@H]5CC[C@H]4CN5C)cc23)cccc1C(F)(F)F. The quantitative estimate of drug-likeness (QED) is 0.529. The van der Waals surface area contributed by atoms with Gasteiger partial charge in [0.25, 0.3) is 0 Å². The minimum absolute atomic E-state index is 0.230. The Morgan fingerprint density at radius 2 is 1.76 bits per heavy atom. The molecule has 0 spiro atoms. The Labute approximate surface area is 198 Å². The maximum Gasteiger partial charge on any atom is 0.416 e. The number of alkyl halides is 3. The first kappa shape index (κ1) is 22.9. The van der Waals surface area contributed by atoms with Crippen molar-refractivity contribution in [3.63, 3.8) is 0 Å². The highest BCUT2D eigenvalue weighted by atomic mass is 19.4. The molecule has 1 aromatic heterocycles. The Balaban J connectivity index is 1.50. The van der Waals surface area contributed by atoms with E-state index < -0.39 is 11.7 Å². The van der Waals surface area contributed by atoms with Crippen LogP contribution in [0.15, 0.2) is 36.4 Å². The highest BCUT2D eigenvalue weighted by Gasteiger charge is 2.37. The van der Waals surface area contributed by atoms with E-state index >= 15 is 0 Å². The molecule has 4 heterocycles. The number of hydrogen-bond donors (Lipinski definition) is 1. The van der Waals surface area contributed by atoms with Crippen molar-refractivity contribution < 1.29 is 13.2 Å². The Morgan fingerprint density at radius 1 is 1.00 bits per heavy atom.